The number of hydrogen-bond acceptors (Lipinski definition) is 5. The number of esters is 1. The average molecular weight is 378 g/mol. The van der Waals surface area contributed by atoms with Gasteiger partial charge in [-0.05, 0) is 30.5 Å². The van der Waals surface area contributed by atoms with Gasteiger partial charge in [0.05, 0.1) is 13.2 Å². The number of benzene rings is 1. The van der Waals surface area contributed by atoms with Gasteiger partial charge in [0.2, 0.25) is 0 Å². The van der Waals surface area contributed by atoms with Crippen molar-refractivity contribution in [3.63, 3.8) is 0 Å². The van der Waals surface area contributed by atoms with Crippen molar-refractivity contribution in [2.75, 3.05) is 13.7 Å². The molecule has 1 fully saturated rings. The van der Waals surface area contributed by atoms with Gasteiger partial charge >= 0.3 is 16.3 Å². The number of rotatable bonds is 7. The first kappa shape index (κ1) is 19.7. The number of nitrogens with one attached hydrogen (secondary N) is 2. The predicted octanol–water partition coefficient (Wildman–Crippen LogP) is 1.47. The van der Waals surface area contributed by atoms with E-state index in [1.807, 2.05) is 4.72 Å². The van der Waals surface area contributed by atoms with E-state index < -0.39 is 39.5 Å². The molecule has 10 heteroatoms. The highest BCUT2D eigenvalue weighted by molar-refractivity contribution is 7.83. The van der Waals surface area contributed by atoms with Crippen molar-refractivity contribution < 1.29 is 31.3 Å². The summed E-state index contributed by atoms with van der Waals surface area (Å²) >= 11 is 0. The highest BCUT2D eigenvalue weighted by Crippen LogP contribution is 2.31. The van der Waals surface area contributed by atoms with E-state index in [4.69, 9.17) is 9.29 Å². The quantitative estimate of drug-likeness (QED) is 0.490. The van der Waals surface area contributed by atoms with Crippen molar-refractivity contribution in [3.8, 4) is 0 Å². The molecule has 7 nitrogen and oxygen atoms in total. The van der Waals surface area contributed by atoms with Gasteiger partial charge in [0.25, 0.3) is 0 Å². The molecule has 25 heavy (non-hydrogen) atoms. The van der Waals surface area contributed by atoms with E-state index in [1.165, 1.54) is 7.11 Å². The van der Waals surface area contributed by atoms with E-state index in [2.05, 4.69) is 5.32 Å². The minimum Gasteiger partial charge on any atom is -0.468 e. The molecule has 0 unspecified atom stereocenters. The molecule has 1 aliphatic rings. The Morgan fingerprint density at radius 1 is 1.28 bits per heavy atom. The van der Waals surface area contributed by atoms with Crippen LogP contribution in [0.2, 0.25) is 0 Å². The lowest BCUT2D eigenvalue weighted by Crippen LogP contribution is -2.53. The van der Waals surface area contributed by atoms with Gasteiger partial charge in [-0.25, -0.2) is 8.78 Å². The summed E-state index contributed by atoms with van der Waals surface area (Å²) in [6, 6.07) is 1.37. The maximum absolute atomic E-state index is 13.4. The Bertz CT molecular complexity index is 715. The van der Waals surface area contributed by atoms with Crippen LogP contribution in [0.5, 0.6) is 0 Å². The molecule has 1 aliphatic carbocycles. The second-order valence-electron chi connectivity index (χ2n) is 6.01. The van der Waals surface area contributed by atoms with E-state index in [-0.39, 0.29) is 12.1 Å². The highest BCUT2D eigenvalue weighted by Gasteiger charge is 2.42. The Balaban J connectivity index is 2.25. The molecule has 0 heterocycles. The van der Waals surface area contributed by atoms with Crippen LogP contribution in [0.4, 0.5) is 8.78 Å². The smallest absolute Gasteiger partial charge is 0.333 e. The lowest BCUT2D eigenvalue weighted by Gasteiger charge is -2.30. The fourth-order valence-electron chi connectivity index (χ4n) is 3.11. The Hall–Kier alpha value is -1.62. The molecule has 1 saturated carbocycles. The summed E-state index contributed by atoms with van der Waals surface area (Å²) in [6.45, 7) is -0.169. The zero-order valence-corrected chi connectivity index (χ0v) is 14.4. The third-order valence-corrected chi connectivity index (χ3v) is 4.84. The van der Waals surface area contributed by atoms with Gasteiger partial charge in [0.15, 0.2) is 0 Å². The molecule has 0 aromatic heterocycles. The van der Waals surface area contributed by atoms with Gasteiger partial charge in [0.1, 0.15) is 17.2 Å². The largest absolute Gasteiger partial charge is 0.468 e. The van der Waals surface area contributed by atoms with Crippen molar-refractivity contribution in [1.82, 2.24) is 10.0 Å². The zero-order chi connectivity index (χ0) is 18.7. The van der Waals surface area contributed by atoms with Crippen LogP contribution >= 0.6 is 0 Å². The average Bonchev–Trinajstić information content (AvgIpc) is 2.98. The van der Waals surface area contributed by atoms with Crippen LogP contribution in [0.1, 0.15) is 37.3 Å². The molecule has 1 aromatic rings. The number of carbonyl (C=O) groups is 1. The SMILES string of the molecule is COC(=O)C1(NC[C@H](NS(=O)(=O)O)c2cc(F)cc(F)c2)CCCC1. The Labute approximate surface area is 144 Å². The number of carbonyl (C=O) groups excluding carboxylic acids is 1. The van der Waals surface area contributed by atoms with Crippen LogP contribution in [-0.4, -0.2) is 38.1 Å². The Morgan fingerprint density at radius 2 is 1.84 bits per heavy atom. The van der Waals surface area contributed by atoms with Gasteiger partial charge in [0, 0.05) is 12.6 Å². The number of halogens is 2. The number of methoxy groups -OCH3 is 1. The zero-order valence-electron chi connectivity index (χ0n) is 13.6. The Morgan fingerprint density at radius 3 is 2.32 bits per heavy atom. The summed E-state index contributed by atoms with van der Waals surface area (Å²) in [4.78, 5) is 12.1. The van der Waals surface area contributed by atoms with Crippen LogP contribution in [-0.2, 0) is 19.8 Å². The molecule has 0 amide bonds. The molecule has 140 valence electrons. The summed E-state index contributed by atoms with van der Waals surface area (Å²) in [5.41, 5.74) is -1.01. The second-order valence-corrected chi connectivity index (χ2v) is 7.20. The van der Waals surface area contributed by atoms with Crippen LogP contribution in [0.15, 0.2) is 18.2 Å². The van der Waals surface area contributed by atoms with Gasteiger partial charge < -0.3 is 4.74 Å². The first-order valence-electron chi connectivity index (χ1n) is 7.69. The molecule has 1 atom stereocenters. The van der Waals surface area contributed by atoms with Crippen molar-refractivity contribution >= 4 is 16.3 Å². The fraction of sp³-hybridized carbons (Fsp3) is 0.533. The normalized spacial score (nSPS) is 18.1. The highest BCUT2D eigenvalue weighted by atomic mass is 32.2. The number of hydrogen-bond donors (Lipinski definition) is 3. The van der Waals surface area contributed by atoms with Crippen LogP contribution in [0.25, 0.3) is 0 Å². The van der Waals surface area contributed by atoms with Crippen LogP contribution in [0.3, 0.4) is 0 Å². The van der Waals surface area contributed by atoms with Gasteiger partial charge in [-0.2, -0.15) is 13.1 Å². The summed E-state index contributed by atoms with van der Waals surface area (Å²) in [5, 5.41) is 2.95. The van der Waals surface area contributed by atoms with Gasteiger partial charge in [-0.3, -0.25) is 14.7 Å². The molecule has 0 saturated heterocycles. The molecule has 3 N–H and O–H groups in total. The van der Waals surface area contributed by atoms with Gasteiger partial charge in [-0.1, -0.05) is 12.8 Å². The van der Waals surface area contributed by atoms with Crippen molar-refractivity contribution in [3.05, 3.63) is 35.4 Å². The first-order valence-corrected chi connectivity index (χ1v) is 9.13. The minimum atomic E-state index is -4.64. The first-order chi connectivity index (χ1) is 11.6. The molecule has 2 rings (SSSR count). The van der Waals surface area contributed by atoms with E-state index >= 15 is 0 Å². The predicted molar refractivity (Wildman–Crippen MR) is 85.0 cm³/mol. The Kier molecular flexibility index (Phi) is 6.09. The fourth-order valence-corrected chi connectivity index (χ4v) is 3.69. The van der Waals surface area contributed by atoms with E-state index in [0.717, 1.165) is 25.0 Å². The van der Waals surface area contributed by atoms with Crippen molar-refractivity contribution in [2.45, 2.75) is 37.3 Å². The molecule has 1 aromatic carbocycles. The van der Waals surface area contributed by atoms with E-state index in [0.29, 0.717) is 18.9 Å². The van der Waals surface area contributed by atoms with Crippen LogP contribution < -0.4 is 10.0 Å². The molecule has 0 bridgehead atoms. The van der Waals surface area contributed by atoms with Crippen LogP contribution in [0, 0.1) is 11.6 Å². The minimum absolute atomic E-state index is 0.0272. The maximum Gasteiger partial charge on any atom is 0.333 e. The number of ether oxygens (including phenoxy) is 1. The third kappa shape index (κ3) is 5.18. The van der Waals surface area contributed by atoms with Crippen molar-refractivity contribution in [2.24, 2.45) is 0 Å². The third-order valence-electron chi connectivity index (χ3n) is 4.26. The standard InChI is InChI=1S/C15H20F2N2O5S/c1-24-14(20)15(4-2-3-5-15)18-9-13(19-25(21,22)23)10-6-11(16)8-12(17)7-10/h6-8,13,18-19H,2-5,9H2,1H3,(H,21,22,23)/t13-/m0/s1. The second kappa shape index (κ2) is 7.73. The lowest BCUT2D eigenvalue weighted by atomic mass is 9.96. The monoisotopic (exact) mass is 378 g/mol. The maximum atomic E-state index is 13.4. The van der Waals surface area contributed by atoms with Gasteiger partial charge in [-0.15, -0.1) is 0 Å². The topological polar surface area (TPSA) is 105 Å². The molecular formula is C15H20F2N2O5S. The molecule has 0 spiro atoms. The van der Waals surface area contributed by atoms with E-state index in [1.54, 1.807) is 0 Å². The molecule has 0 aliphatic heterocycles. The van der Waals surface area contributed by atoms with Crippen molar-refractivity contribution in [1.29, 1.82) is 0 Å². The van der Waals surface area contributed by atoms with E-state index in [9.17, 15) is 22.0 Å². The summed E-state index contributed by atoms with van der Waals surface area (Å²) in [6.07, 6.45) is 2.56. The summed E-state index contributed by atoms with van der Waals surface area (Å²) < 4.78 is 65.0. The summed E-state index contributed by atoms with van der Waals surface area (Å²) in [7, 11) is -3.39. The summed E-state index contributed by atoms with van der Waals surface area (Å²) in [5.74, 6) is -2.26. The lowest BCUT2D eigenvalue weighted by molar-refractivity contribution is -0.148. The molecular weight excluding hydrogens is 358 g/mol. The molecule has 0 radical (unpaired) electrons.